The molecule has 0 fully saturated rings. The fraction of sp³-hybridized carbons (Fsp3) is 0.238. The molecule has 0 aliphatic heterocycles. The minimum absolute atomic E-state index is 0.246. The number of halogens is 1. The summed E-state index contributed by atoms with van der Waals surface area (Å²) in [6, 6.07) is 13.9. The minimum Gasteiger partial charge on any atom is -0.224 e. The van der Waals surface area contributed by atoms with Gasteiger partial charge in [0.1, 0.15) is 5.82 Å². The van der Waals surface area contributed by atoms with Gasteiger partial charge >= 0.3 is 0 Å². The molecular weight excluding hydrogens is 335 g/mol. The zero-order chi connectivity index (χ0) is 18.2. The molecule has 0 saturated carbocycles. The largest absolute Gasteiger partial charge is 0.224 e. The number of rotatable bonds is 4. The lowest BCUT2D eigenvalue weighted by Crippen LogP contribution is -2.00. The molecular formula is C21H21FO2S. The van der Waals surface area contributed by atoms with Crippen LogP contribution in [0.5, 0.6) is 0 Å². The average Bonchev–Trinajstić information content (AvgIpc) is 2.57. The standard InChI is InChI=1S/C21H21FO2S/c1-4-16-12-17-7-8-18(22)13-21(17)20(14(16)2)11-15-5-9-19(10-6-15)25(3,23)24/h5-10,12-13H,4,11H2,1-3H3. The lowest BCUT2D eigenvalue weighted by molar-refractivity contribution is 0.602. The van der Waals surface area contributed by atoms with Crippen LogP contribution in [0.25, 0.3) is 10.8 Å². The lowest BCUT2D eigenvalue weighted by Gasteiger charge is -2.15. The first-order valence-electron chi connectivity index (χ1n) is 8.29. The van der Waals surface area contributed by atoms with Gasteiger partial charge in [-0.1, -0.05) is 31.2 Å². The van der Waals surface area contributed by atoms with Crippen molar-refractivity contribution in [1.29, 1.82) is 0 Å². The van der Waals surface area contributed by atoms with Crippen molar-refractivity contribution in [3.63, 3.8) is 0 Å². The molecule has 130 valence electrons. The van der Waals surface area contributed by atoms with Gasteiger partial charge in [-0.25, -0.2) is 12.8 Å². The molecule has 0 N–H and O–H groups in total. The molecule has 0 spiro atoms. The quantitative estimate of drug-likeness (QED) is 0.670. The smallest absolute Gasteiger partial charge is 0.175 e. The third-order valence-corrected chi connectivity index (χ3v) is 5.85. The molecule has 0 heterocycles. The Morgan fingerprint density at radius 2 is 1.68 bits per heavy atom. The molecule has 2 nitrogen and oxygen atoms in total. The van der Waals surface area contributed by atoms with Gasteiger partial charge in [0.25, 0.3) is 0 Å². The van der Waals surface area contributed by atoms with Crippen LogP contribution in [0.3, 0.4) is 0 Å². The number of benzene rings is 3. The highest BCUT2D eigenvalue weighted by molar-refractivity contribution is 7.90. The Balaban J connectivity index is 2.11. The van der Waals surface area contributed by atoms with E-state index in [4.69, 9.17) is 0 Å². The van der Waals surface area contributed by atoms with Gasteiger partial charge in [0.05, 0.1) is 4.90 Å². The van der Waals surface area contributed by atoms with Gasteiger partial charge < -0.3 is 0 Å². The van der Waals surface area contributed by atoms with Crippen molar-refractivity contribution in [1.82, 2.24) is 0 Å². The molecule has 0 aromatic heterocycles. The maximum atomic E-state index is 13.8. The molecule has 0 saturated heterocycles. The number of hydrogen-bond acceptors (Lipinski definition) is 2. The molecule has 0 unspecified atom stereocenters. The van der Waals surface area contributed by atoms with Crippen LogP contribution < -0.4 is 0 Å². The number of aryl methyl sites for hydroxylation is 1. The Kier molecular flexibility index (Phi) is 4.65. The first-order valence-corrected chi connectivity index (χ1v) is 10.2. The summed E-state index contributed by atoms with van der Waals surface area (Å²) >= 11 is 0. The van der Waals surface area contributed by atoms with E-state index in [1.165, 1.54) is 23.4 Å². The second-order valence-corrected chi connectivity index (χ2v) is 8.47. The van der Waals surface area contributed by atoms with E-state index >= 15 is 0 Å². The maximum absolute atomic E-state index is 13.8. The third kappa shape index (κ3) is 3.59. The van der Waals surface area contributed by atoms with E-state index in [1.807, 2.05) is 18.2 Å². The molecule has 25 heavy (non-hydrogen) atoms. The predicted octanol–water partition coefficient (Wildman–Crippen LogP) is 4.84. The number of fused-ring (bicyclic) bond motifs is 1. The molecule has 3 aromatic carbocycles. The molecule has 0 aliphatic rings. The zero-order valence-corrected chi connectivity index (χ0v) is 15.5. The first-order chi connectivity index (χ1) is 11.8. The minimum atomic E-state index is -3.20. The Labute approximate surface area is 148 Å². The molecule has 0 aliphatic carbocycles. The third-order valence-electron chi connectivity index (χ3n) is 4.72. The monoisotopic (exact) mass is 356 g/mol. The molecule has 0 radical (unpaired) electrons. The number of sulfone groups is 1. The summed E-state index contributed by atoms with van der Waals surface area (Å²) in [5, 5.41) is 1.95. The van der Waals surface area contributed by atoms with Gasteiger partial charge in [0, 0.05) is 6.26 Å². The van der Waals surface area contributed by atoms with E-state index in [2.05, 4.69) is 19.9 Å². The summed E-state index contributed by atoms with van der Waals surface area (Å²) in [5.74, 6) is -0.246. The van der Waals surface area contributed by atoms with E-state index in [0.29, 0.717) is 11.3 Å². The van der Waals surface area contributed by atoms with Crippen LogP contribution in [-0.4, -0.2) is 14.7 Å². The lowest BCUT2D eigenvalue weighted by atomic mass is 9.90. The van der Waals surface area contributed by atoms with Crippen molar-refractivity contribution < 1.29 is 12.8 Å². The normalized spacial score (nSPS) is 11.8. The molecule has 3 rings (SSSR count). The van der Waals surface area contributed by atoms with E-state index < -0.39 is 9.84 Å². The van der Waals surface area contributed by atoms with E-state index in [-0.39, 0.29) is 5.82 Å². The first kappa shape index (κ1) is 17.6. The van der Waals surface area contributed by atoms with Gasteiger partial charge in [0.2, 0.25) is 0 Å². The number of hydrogen-bond donors (Lipinski definition) is 0. The van der Waals surface area contributed by atoms with Crippen molar-refractivity contribution in [2.75, 3.05) is 6.26 Å². The second-order valence-electron chi connectivity index (χ2n) is 6.45. The van der Waals surface area contributed by atoms with Crippen LogP contribution in [0.15, 0.2) is 53.4 Å². The highest BCUT2D eigenvalue weighted by Crippen LogP contribution is 2.29. The fourth-order valence-corrected chi connectivity index (χ4v) is 3.89. The summed E-state index contributed by atoms with van der Waals surface area (Å²) in [4.78, 5) is 0.311. The van der Waals surface area contributed by atoms with Crippen LogP contribution >= 0.6 is 0 Å². The summed E-state index contributed by atoms with van der Waals surface area (Å²) in [6.45, 7) is 4.19. The van der Waals surface area contributed by atoms with Crippen LogP contribution in [0, 0.1) is 12.7 Å². The van der Waals surface area contributed by atoms with Crippen molar-refractivity contribution in [3.8, 4) is 0 Å². The summed E-state index contributed by atoms with van der Waals surface area (Å²) in [5.41, 5.74) is 4.53. The van der Waals surface area contributed by atoms with Crippen LogP contribution in [0.2, 0.25) is 0 Å². The van der Waals surface area contributed by atoms with Crippen LogP contribution in [0.1, 0.15) is 29.2 Å². The fourth-order valence-electron chi connectivity index (χ4n) is 3.26. The molecule has 0 atom stereocenters. The Bertz CT molecular complexity index is 1040. The molecule has 0 amide bonds. The molecule has 0 bridgehead atoms. The van der Waals surface area contributed by atoms with Crippen molar-refractivity contribution in [2.24, 2.45) is 0 Å². The highest BCUT2D eigenvalue weighted by Gasteiger charge is 2.12. The van der Waals surface area contributed by atoms with Crippen LogP contribution in [0.4, 0.5) is 4.39 Å². The van der Waals surface area contributed by atoms with Gasteiger partial charge in [-0.2, -0.15) is 0 Å². The zero-order valence-electron chi connectivity index (χ0n) is 14.6. The van der Waals surface area contributed by atoms with Gasteiger partial charge in [-0.3, -0.25) is 0 Å². The second kappa shape index (κ2) is 6.60. The average molecular weight is 356 g/mol. The van der Waals surface area contributed by atoms with E-state index in [1.54, 1.807) is 18.2 Å². The topological polar surface area (TPSA) is 34.1 Å². The summed E-state index contributed by atoms with van der Waals surface area (Å²) in [6.07, 6.45) is 2.76. The molecule has 3 aromatic rings. The Hall–Kier alpha value is -2.20. The summed E-state index contributed by atoms with van der Waals surface area (Å²) < 4.78 is 37.0. The van der Waals surface area contributed by atoms with Gasteiger partial charge in [-0.05, 0) is 77.1 Å². The van der Waals surface area contributed by atoms with Gasteiger partial charge in [0.15, 0.2) is 9.84 Å². The van der Waals surface area contributed by atoms with Crippen molar-refractivity contribution >= 4 is 20.6 Å². The Morgan fingerprint density at radius 1 is 1.00 bits per heavy atom. The van der Waals surface area contributed by atoms with Crippen molar-refractivity contribution in [2.45, 2.75) is 31.6 Å². The highest BCUT2D eigenvalue weighted by atomic mass is 32.2. The van der Waals surface area contributed by atoms with Crippen LogP contribution in [-0.2, 0) is 22.7 Å². The van der Waals surface area contributed by atoms with Gasteiger partial charge in [-0.15, -0.1) is 0 Å². The SMILES string of the molecule is CCc1cc2ccc(F)cc2c(Cc2ccc(S(C)(=O)=O)cc2)c1C. The predicted molar refractivity (Wildman–Crippen MR) is 100 cm³/mol. The molecule has 4 heteroatoms. The Morgan fingerprint density at radius 3 is 2.28 bits per heavy atom. The van der Waals surface area contributed by atoms with E-state index in [9.17, 15) is 12.8 Å². The summed E-state index contributed by atoms with van der Waals surface area (Å²) in [7, 11) is -3.20. The van der Waals surface area contributed by atoms with E-state index in [0.717, 1.165) is 28.3 Å². The van der Waals surface area contributed by atoms with Crippen molar-refractivity contribution in [3.05, 3.63) is 76.6 Å². The maximum Gasteiger partial charge on any atom is 0.175 e.